The first kappa shape index (κ1) is 22.2. The second-order valence-corrected chi connectivity index (χ2v) is 7.74. The Morgan fingerprint density at radius 2 is 1.93 bits per heavy atom. The zero-order chi connectivity index (χ0) is 20.5. The van der Waals surface area contributed by atoms with Crippen LogP contribution in [0.2, 0.25) is 0 Å². The number of unbranched alkanes of at least 4 members (excludes halogenated alkanes) is 2. The summed E-state index contributed by atoms with van der Waals surface area (Å²) in [6.45, 7) is 2.75. The van der Waals surface area contributed by atoms with Crippen LogP contribution in [0.4, 0.5) is 0 Å². The van der Waals surface area contributed by atoms with Gasteiger partial charge in [0.1, 0.15) is 4.32 Å². The minimum absolute atomic E-state index is 0.0878. The normalized spacial score (nSPS) is 15.2. The molecule has 0 spiro atoms. The molecule has 0 aliphatic carbocycles. The van der Waals surface area contributed by atoms with E-state index in [1.54, 1.807) is 32.1 Å². The smallest absolute Gasteiger partial charge is 0.305 e. The van der Waals surface area contributed by atoms with Crippen LogP contribution in [-0.2, 0) is 14.3 Å². The molecule has 1 aromatic rings. The van der Waals surface area contributed by atoms with Crippen LogP contribution in [0.25, 0.3) is 6.08 Å². The van der Waals surface area contributed by atoms with Crippen LogP contribution in [0, 0.1) is 0 Å². The largest absolute Gasteiger partial charge is 0.493 e. The predicted octanol–water partition coefficient (Wildman–Crippen LogP) is 4.03. The molecule has 0 atom stereocenters. The zero-order valence-electron chi connectivity index (χ0n) is 16.4. The topological polar surface area (TPSA) is 65.1 Å². The van der Waals surface area contributed by atoms with Crippen molar-refractivity contribution in [1.29, 1.82) is 0 Å². The third-order valence-electron chi connectivity index (χ3n) is 4.15. The highest BCUT2D eigenvalue weighted by Crippen LogP contribution is 2.34. The monoisotopic (exact) mass is 423 g/mol. The van der Waals surface area contributed by atoms with E-state index in [1.807, 2.05) is 18.2 Å². The van der Waals surface area contributed by atoms with E-state index in [0.29, 0.717) is 40.3 Å². The van der Waals surface area contributed by atoms with Crippen LogP contribution in [0.5, 0.6) is 11.5 Å². The Hall–Kier alpha value is -2.06. The minimum Gasteiger partial charge on any atom is -0.493 e. The van der Waals surface area contributed by atoms with Crippen molar-refractivity contribution in [2.75, 3.05) is 27.4 Å². The van der Waals surface area contributed by atoms with Crippen LogP contribution < -0.4 is 9.47 Å². The summed E-state index contributed by atoms with van der Waals surface area (Å²) in [6.07, 6.45) is 4.59. The fourth-order valence-corrected chi connectivity index (χ4v) is 4.04. The number of methoxy groups -OCH3 is 2. The van der Waals surface area contributed by atoms with E-state index in [1.165, 1.54) is 11.8 Å². The molecule has 6 nitrogen and oxygen atoms in total. The van der Waals surface area contributed by atoms with E-state index in [0.717, 1.165) is 24.8 Å². The van der Waals surface area contributed by atoms with Crippen molar-refractivity contribution < 1.29 is 23.8 Å². The maximum Gasteiger partial charge on any atom is 0.305 e. The van der Waals surface area contributed by atoms with Gasteiger partial charge >= 0.3 is 5.97 Å². The number of nitrogens with zero attached hydrogens (tertiary/aromatic N) is 1. The average molecular weight is 424 g/mol. The lowest BCUT2D eigenvalue weighted by molar-refractivity contribution is -0.143. The van der Waals surface area contributed by atoms with Crippen molar-refractivity contribution in [1.82, 2.24) is 4.90 Å². The molecule has 28 heavy (non-hydrogen) atoms. The predicted molar refractivity (Wildman–Crippen MR) is 115 cm³/mol. The molecule has 0 bridgehead atoms. The van der Waals surface area contributed by atoms with Crippen molar-refractivity contribution in [2.45, 2.75) is 32.6 Å². The highest BCUT2D eigenvalue weighted by Gasteiger charge is 2.31. The molecule has 0 N–H and O–H groups in total. The SMILES string of the molecule is CCOC(=O)CCCCCN1C(=O)/C(=C/c2ccc(OC)c(OC)c2)SC1=S. The van der Waals surface area contributed by atoms with E-state index in [4.69, 9.17) is 26.4 Å². The third-order valence-corrected chi connectivity index (χ3v) is 5.52. The molecular weight excluding hydrogens is 398 g/mol. The van der Waals surface area contributed by atoms with Gasteiger partial charge in [0.05, 0.1) is 25.7 Å². The maximum atomic E-state index is 12.7. The molecular formula is C20H25NO5S2. The Labute approximate surface area is 175 Å². The summed E-state index contributed by atoms with van der Waals surface area (Å²) in [7, 11) is 3.15. The Bertz CT molecular complexity index is 763. The molecule has 1 amide bonds. The number of hydrogen-bond donors (Lipinski definition) is 0. The number of hydrogen-bond acceptors (Lipinski definition) is 7. The Kier molecular flexibility index (Phi) is 8.79. The molecule has 0 aromatic heterocycles. The summed E-state index contributed by atoms with van der Waals surface area (Å²) in [4.78, 5) is 26.2. The van der Waals surface area contributed by atoms with Crippen molar-refractivity contribution in [3.8, 4) is 11.5 Å². The van der Waals surface area contributed by atoms with Gasteiger partial charge < -0.3 is 14.2 Å². The molecule has 0 radical (unpaired) electrons. The molecule has 1 aliphatic heterocycles. The average Bonchev–Trinajstić information content (AvgIpc) is 2.95. The molecule has 1 aromatic carbocycles. The molecule has 1 aliphatic rings. The van der Waals surface area contributed by atoms with Gasteiger partial charge in [0.15, 0.2) is 11.5 Å². The maximum absolute atomic E-state index is 12.7. The van der Waals surface area contributed by atoms with Crippen molar-refractivity contribution in [3.05, 3.63) is 28.7 Å². The number of thioether (sulfide) groups is 1. The van der Waals surface area contributed by atoms with Crippen LogP contribution in [0.15, 0.2) is 23.1 Å². The summed E-state index contributed by atoms with van der Waals surface area (Å²) in [5.74, 6) is 0.976. The molecule has 0 unspecified atom stereocenters. The third kappa shape index (κ3) is 5.97. The van der Waals surface area contributed by atoms with Crippen LogP contribution in [0.3, 0.4) is 0 Å². The van der Waals surface area contributed by atoms with Gasteiger partial charge in [-0.05, 0) is 43.5 Å². The first-order valence-corrected chi connectivity index (χ1v) is 10.4. The van der Waals surface area contributed by atoms with Crippen molar-refractivity contribution >= 4 is 46.3 Å². The lowest BCUT2D eigenvalue weighted by Gasteiger charge is -2.14. The van der Waals surface area contributed by atoms with Crippen molar-refractivity contribution in [2.24, 2.45) is 0 Å². The van der Waals surface area contributed by atoms with Crippen LogP contribution in [0.1, 0.15) is 38.2 Å². The van der Waals surface area contributed by atoms with Crippen LogP contribution >= 0.6 is 24.0 Å². The number of esters is 1. The van der Waals surface area contributed by atoms with Gasteiger partial charge in [-0.15, -0.1) is 0 Å². The molecule has 0 saturated carbocycles. The molecule has 2 rings (SSSR count). The Morgan fingerprint density at radius 3 is 2.61 bits per heavy atom. The van der Waals surface area contributed by atoms with Gasteiger partial charge in [0, 0.05) is 13.0 Å². The van der Waals surface area contributed by atoms with Gasteiger partial charge in [-0.25, -0.2) is 0 Å². The van der Waals surface area contributed by atoms with Gasteiger partial charge in [-0.2, -0.15) is 0 Å². The fraction of sp³-hybridized carbons (Fsp3) is 0.450. The van der Waals surface area contributed by atoms with Gasteiger partial charge in [-0.3, -0.25) is 14.5 Å². The highest BCUT2D eigenvalue weighted by molar-refractivity contribution is 8.26. The molecule has 1 fully saturated rings. The van der Waals surface area contributed by atoms with Crippen LogP contribution in [-0.4, -0.2) is 48.5 Å². The first-order valence-electron chi connectivity index (χ1n) is 9.13. The summed E-state index contributed by atoms with van der Waals surface area (Å²) < 4.78 is 16.0. The van der Waals surface area contributed by atoms with Gasteiger partial charge in [-0.1, -0.05) is 36.5 Å². The molecule has 152 valence electrons. The van der Waals surface area contributed by atoms with E-state index in [9.17, 15) is 9.59 Å². The number of rotatable bonds is 10. The second-order valence-electron chi connectivity index (χ2n) is 6.06. The molecule has 8 heteroatoms. The highest BCUT2D eigenvalue weighted by atomic mass is 32.2. The summed E-state index contributed by atoms with van der Waals surface area (Å²) in [6, 6.07) is 5.49. The number of ether oxygens (including phenoxy) is 3. The minimum atomic E-state index is -0.175. The summed E-state index contributed by atoms with van der Waals surface area (Å²) in [5.41, 5.74) is 0.840. The lowest BCUT2D eigenvalue weighted by atomic mass is 10.1. The Balaban J connectivity index is 1.92. The van der Waals surface area contributed by atoms with E-state index in [-0.39, 0.29) is 11.9 Å². The number of carbonyl (C=O) groups excluding carboxylic acids is 2. The van der Waals surface area contributed by atoms with E-state index >= 15 is 0 Å². The fourth-order valence-electron chi connectivity index (χ4n) is 2.74. The van der Waals surface area contributed by atoms with Gasteiger partial charge in [0.25, 0.3) is 5.91 Å². The first-order chi connectivity index (χ1) is 13.5. The van der Waals surface area contributed by atoms with E-state index in [2.05, 4.69) is 0 Å². The standard InChI is InChI=1S/C20H25NO5S2/c1-4-26-18(22)8-6-5-7-11-21-19(23)17(28-20(21)27)13-14-9-10-15(24-2)16(12-14)25-3/h9-10,12-13H,4-8,11H2,1-3H3/b17-13-. The number of thiocarbonyl (C=S) groups is 1. The lowest BCUT2D eigenvalue weighted by Crippen LogP contribution is -2.29. The molecule has 1 saturated heterocycles. The Morgan fingerprint density at radius 1 is 1.18 bits per heavy atom. The second kappa shape index (κ2) is 11.1. The molecule has 1 heterocycles. The summed E-state index contributed by atoms with van der Waals surface area (Å²) in [5, 5.41) is 0. The summed E-state index contributed by atoms with van der Waals surface area (Å²) >= 11 is 6.66. The number of carbonyl (C=O) groups is 2. The van der Waals surface area contributed by atoms with Crippen molar-refractivity contribution in [3.63, 3.8) is 0 Å². The van der Waals surface area contributed by atoms with E-state index < -0.39 is 0 Å². The number of benzene rings is 1. The zero-order valence-corrected chi connectivity index (χ0v) is 18.0. The number of amides is 1. The van der Waals surface area contributed by atoms with Gasteiger partial charge in [0.2, 0.25) is 0 Å². The quantitative estimate of drug-likeness (QED) is 0.244.